The van der Waals surface area contributed by atoms with Gasteiger partial charge in [0.2, 0.25) is 11.8 Å². The van der Waals surface area contributed by atoms with Crippen LogP contribution in [-0.4, -0.2) is 49.4 Å². The lowest BCUT2D eigenvalue weighted by Crippen LogP contribution is -2.49. The van der Waals surface area contributed by atoms with Gasteiger partial charge in [-0.15, -0.1) is 6.58 Å². The van der Waals surface area contributed by atoms with Crippen molar-refractivity contribution in [3.05, 3.63) is 42.0 Å². The van der Waals surface area contributed by atoms with Crippen molar-refractivity contribution < 1.29 is 9.59 Å². The first kappa shape index (κ1) is 17.5. The number of aryl methyl sites for hydroxylation is 1. The zero-order valence-electron chi connectivity index (χ0n) is 15.1. The summed E-state index contributed by atoms with van der Waals surface area (Å²) in [5.41, 5.74) is 3.87. The van der Waals surface area contributed by atoms with E-state index < -0.39 is 0 Å². The van der Waals surface area contributed by atoms with Crippen LogP contribution in [0.2, 0.25) is 0 Å². The molecule has 134 valence electrons. The molecule has 2 aliphatic rings. The molecule has 2 amide bonds. The van der Waals surface area contributed by atoms with E-state index in [0.717, 1.165) is 26.2 Å². The Morgan fingerprint density at radius 3 is 2.60 bits per heavy atom. The fourth-order valence-electron chi connectivity index (χ4n) is 3.54. The molecule has 1 aliphatic heterocycles. The third-order valence-electron chi connectivity index (χ3n) is 5.37. The summed E-state index contributed by atoms with van der Waals surface area (Å²) in [5.74, 6) is -0.159. The molecule has 1 saturated heterocycles. The standard InChI is InChI=1S/C20H27N3O2/c1-4-8-21-19(24)16-13-17(16)20(25)23-11-9-22(10-12-23)18-7-5-6-14(2)15(18)3/h4-7,16-17H,1,8-13H2,2-3H3,(H,21,24). The highest BCUT2D eigenvalue weighted by atomic mass is 16.2. The summed E-state index contributed by atoms with van der Waals surface area (Å²) < 4.78 is 0. The molecule has 1 aromatic carbocycles. The molecule has 1 heterocycles. The average Bonchev–Trinajstić information content (AvgIpc) is 3.42. The van der Waals surface area contributed by atoms with Crippen LogP contribution in [0.3, 0.4) is 0 Å². The Bertz CT molecular complexity index is 678. The lowest BCUT2D eigenvalue weighted by molar-refractivity contribution is -0.135. The molecule has 2 unspecified atom stereocenters. The number of benzene rings is 1. The summed E-state index contributed by atoms with van der Waals surface area (Å²) in [5, 5.41) is 2.79. The summed E-state index contributed by atoms with van der Waals surface area (Å²) in [6.45, 7) is 11.5. The SMILES string of the molecule is C=CCNC(=O)C1CC1C(=O)N1CCN(c2cccc(C)c2C)CC1. The Morgan fingerprint density at radius 1 is 1.20 bits per heavy atom. The minimum atomic E-state index is -0.149. The van der Waals surface area contributed by atoms with Gasteiger partial charge < -0.3 is 15.1 Å². The van der Waals surface area contributed by atoms with Crippen molar-refractivity contribution in [3.63, 3.8) is 0 Å². The lowest BCUT2D eigenvalue weighted by Gasteiger charge is -2.37. The van der Waals surface area contributed by atoms with E-state index in [4.69, 9.17) is 0 Å². The number of anilines is 1. The van der Waals surface area contributed by atoms with Crippen LogP contribution in [0.5, 0.6) is 0 Å². The molecule has 1 aliphatic carbocycles. The third-order valence-corrected chi connectivity index (χ3v) is 5.37. The Morgan fingerprint density at radius 2 is 1.92 bits per heavy atom. The number of carbonyl (C=O) groups is 2. The van der Waals surface area contributed by atoms with Gasteiger partial charge in [0, 0.05) is 38.4 Å². The number of nitrogens with zero attached hydrogens (tertiary/aromatic N) is 2. The van der Waals surface area contributed by atoms with Crippen molar-refractivity contribution in [2.75, 3.05) is 37.6 Å². The van der Waals surface area contributed by atoms with Crippen molar-refractivity contribution >= 4 is 17.5 Å². The average molecular weight is 341 g/mol. The van der Waals surface area contributed by atoms with E-state index in [1.165, 1.54) is 16.8 Å². The third kappa shape index (κ3) is 3.70. The van der Waals surface area contributed by atoms with Gasteiger partial charge in [-0.05, 0) is 37.5 Å². The normalized spacial score (nSPS) is 22.5. The molecule has 1 N–H and O–H groups in total. The lowest BCUT2D eigenvalue weighted by atomic mass is 10.1. The van der Waals surface area contributed by atoms with Crippen molar-refractivity contribution in [1.29, 1.82) is 0 Å². The molecule has 3 rings (SSSR count). The van der Waals surface area contributed by atoms with E-state index in [1.807, 2.05) is 4.90 Å². The van der Waals surface area contributed by atoms with Gasteiger partial charge in [0.1, 0.15) is 0 Å². The molecule has 0 aromatic heterocycles. The topological polar surface area (TPSA) is 52.7 Å². The van der Waals surface area contributed by atoms with Gasteiger partial charge >= 0.3 is 0 Å². The van der Waals surface area contributed by atoms with Crippen molar-refractivity contribution in [3.8, 4) is 0 Å². The number of rotatable bonds is 5. The molecule has 0 radical (unpaired) electrons. The van der Waals surface area contributed by atoms with Crippen LogP contribution in [0, 0.1) is 25.7 Å². The molecule has 0 bridgehead atoms. The van der Waals surface area contributed by atoms with E-state index in [1.54, 1.807) is 6.08 Å². The number of piperazine rings is 1. The van der Waals surface area contributed by atoms with E-state index in [-0.39, 0.29) is 23.7 Å². The number of carbonyl (C=O) groups excluding carboxylic acids is 2. The van der Waals surface area contributed by atoms with Crippen molar-refractivity contribution in [1.82, 2.24) is 10.2 Å². The number of hydrogen-bond acceptors (Lipinski definition) is 3. The fraction of sp³-hybridized carbons (Fsp3) is 0.500. The van der Waals surface area contributed by atoms with Crippen LogP contribution in [0.25, 0.3) is 0 Å². The molecule has 0 spiro atoms. The second-order valence-corrected chi connectivity index (χ2v) is 7.01. The molecule has 1 saturated carbocycles. The van der Waals surface area contributed by atoms with Crippen molar-refractivity contribution in [2.45, 2.75) is 20.3 Å². The van der Waals surface area contributed by atoms with E-state index in [9.17, 15) is 9.59 Å². The van der Waals surface area contributed by atoms with Crippen LogP contribution in [-0.2, 0) is 9.59 Å². The molecular formula is C20H27N3O2. The molecular weight excluding hydrogens is 314 g/mol. The summed E-state index contributed by atoms with van der Waals surface area (Å²) in [4.78, 5) is 28.8. The number of nitrogens with one attached hydrogen (secondary N) is 1. The maximum absolute atomic E-state index is 12.6. The molecule has 25 heavy (non-hydrogen) atoms. The number of amides is 2. The van der Waals surface area contributed by atoms with Gasteiger partial charge in [-0.1, -0.05) is 18.2 Å². The van der Waals surface area contributed by atoms with Crippen LogP contribution in [0.4, 0.5) is 5.69 Å². The minimum absolute atomic E-state index is 0.0210. The quantitative estimate of drug-likeness (QED) is 0.832. The Balaban J connectivity index is 1.53. The smallest absolute Gasteiger partial charge is 0.226 e. The first-order valence-electron chi connectivity index (χ1n) is 9.01. The summed E-state index contributed by atoms with van der Waals surface area (Å²) in [7, 11) is 0. The van der Waals surface area contributed by atoms with Crippen LogP contribution < -0.4 is 10.2 Å². The molecule has 2 fully saturated rings. The van der Waals surface area contributed by atoms with Gasteiger partial charge in [-0.2, -0.15) is 0 Å². The van der Waals surface area contributed by atoms with E-state index in [2.05, 4.69) is 48.8 Å². The van der Waals surface area contributed by atoms with E-state index in [0.29, 0.717) is 13.0 Å². The highest BCUT2D eigenvalue weighted by molar-refractivity contribution is 5.92. The van der Waals surface area contributed by atoms with Gasteiger partial charge in [0.15, 0.2) is 0 Å². The van der Waals surface area contributed by atoms with Crippen LogP contribution >= 0.6 is 0 Å². The largest absolute Gasteiger partial charge is 0.368 e. The maximum atomic E-state index is 12.6. The fourth-order valence-corrected chi connectivity index (χ4v) is 3.54. The summed E-state index contributed by atoms with van der Waals surface area (Å²) in [6.07, 6.45) is 2.34. The zero-order valence-corrected chi connectivity index (χ0v) is 15.1. The summed E-state index contributed by atoms with van der Waals surface area (Å²) in [6, 6.07) is 6.37. The highest BCUT2D eigenvalue weighted by Crippen LogP contribution is 2.40. The predicted molar refractivity (Wildman–Crippen MR) is 99.5 cm³/mol. The molecule has 1 aromatic rings. The molecule has 5 nitrogen and oxygen atoms in total. The monoisotopic (exact) mass is 341 g/mol. The van der Waals surface area contributed by atoms with Gasteiger partial charge in [-0.25, -0.2) is 0 Å². The van der Waals surface area contributed by atoms with Gasteiger partial charge in [-0.3, -0.25) is 9.59 Å². The summed E-state index contributed by atoms with van der Waals surface area (Å²) >= 11 is 0. The second-order valence-electron chi connectivity index (χ2n) is 7.01. The second kappa shape index (κ2) is 7.30. The Hall–Kier alpha value is -2.30. The Kier molecular flexibility index (Phi) is 5.11. The Labute approximate surface area is 149 Å². The van der Waals surface area contributed by atoms with Gasteiger partial charge in [0.25, 0.3) is 0 Å². The molecule has 5 heteroatoms. The number of hydrogen-bond donors (Lipinski definition) is 1. The zero-order chi connectivity index (χ0) is 18.0. The maximum Gasteiger partial charge on any atom is 0.226 e. The van der Waals surface area contributed by atoms with Crippen LogP contribution in [0.1, 0.15) is 17.5 Å². The van der Waals surface area contributed by atoms with Crippen molar-refractivity contribution in [2.24, 2.45) is 11.8 Å². The molecule has 2 atom stereocenters. The highest BCUT2D eigenvalue weighted by Gasteiger charge is 2.49. The van der Waals surface area contributed by atoms with Crippen LogP contribution in [0.15, 0.2) is 30.9 Å². The first-order chi connectivity index (χ1) is 12.0. The van der Waals surface area contributed by atoms with Gasteiger partial charge in [0.05, 0.1) is 11.8 Å². The predicted octanol–water partition coefficient (Wildman–Crippen LogP) is 1.89. The minimum Gasteiger partial charge on any atom is -0.368 e. The van der Waals surface area contributed by atoms with E-state index >= 15 is 0 Å². The first-order valence-corrected chi connectivity index (χ1v) is 9.01.